The minimum Gasteiger partial charge on any atom is -0.497 e. The van der Waals surface area contributed by atoms with E-state index in [1.165, 1.54) is 6.08 Å². The van der Waals surface area contributed by atoms with E-state index in [4.69, 9.17) is 14.2 Å². The molecule has 0 heterocycles. The fourth-order valence-corrected chi connectivity index (χ4v) is 2.42. The van der Waals surface area contributed by atoms with E-state index in [0.29, 0.717) is 24.7 Å². The first-order chi connectivity index (χ1) is 12.7. The van der Waals surface area contributed by atoms with Gasteiger partial charge in [-0.05, 0) is 54.8 Å². The summed E-state index contributed by atoms with van der Waals surface area (Å²) in [5.74, 6) is 2.03. The van der Waals surface area contributed by atoms with Gasteiger partial charge in [0.25, 0.3) is 0 Å². The summed E-state index contributed by atoms with van der Waals surface area (Å²) < 4.78 is 15.9. The molecule has 2 aromatic carbocycles. The van der Waals surface area contributed by atoms with Crippen LogP contribution in [0.25, 0.3) is 6.08 Å². The smallest absolute Gasteiger partial charge is 0.244 e. The largest absolute Gasteiger partial charge is 0.497 e. The molecule has 0 radical (unpaired) electrons. The van der Waals surface area contributed by atoms with Crippen LogP contribution in [0.1, 0.15) is 18.1 Å². The molecule has 2 rings (SSSR count). The van der Waals surface area contributed by atoms with Crippen molar-refractivity contribution in [1.29, 1.82) is 0 Å². The van der Waals surface area contributed by atoms with Crippen LogP contribution in [0.4, 0.5) is 0 Å². The third-order valence-corrected chi connectivity index (χ3v) is 3.79. The van der Waals surface area contributed by atoms with E-state index in [1.807, 2.05) is 49.4 Å². The van der Waals surface area contributed by atoms with Gasteiger partial charge in [-0.25, -0.2) is 0 Å². The molecule has 26 heavy (non-hydrogen) atoms. The van der Waals surface area contributed by atoms with Crippen molar-refractivity contribution in [3.63, 3.8) is 0 Å². The summed E-state index contributed by atoms with van der Waals surface area (Å²) in [4.78, 5) is 12.0. The number of carbonyl (C=O) groups excluding carboxylic acids is 1. The highest BCUT2D eigenvalue weighted by Crippen LogP contribution is 2.28. The predicted octanol–water partition coefficient (Wildman–Crippen LogP) is 3.47. The third-order valence-electron chi connectivity index (χ3n) is 3.79. The first kappa shape index (κ1) is 19.4. The van der Waals surface area contributed by atoms with Gasteiger partial charge in [0, 0.05) is 12.6 Å². The highest BCUT2D eigenvalue weighted by atomic mass is 16.5. The highest BCUT2D eigenvalue weighted by molar-refractivity contribution is 5.91. The van der Waals surface area contributed by atoms with Crippen molar-refractivity contribution in [3.8, 4) is 17.2 Å². The molecule has 0 saturated carbocycles. The minimum absolute atomic E-state index is 0.133. The summed E-state index contributed by atoms with van der Waals surface area (Å²) in [6.07, 6.45) is 4.03. The number of methoxy groups -OCH3 is 2. The zero-order valence-corrected chi connectivity index (χ0v) is 15.5. The number of hydrogen-bond acceptors (Lipinski definition) is 4. The van der Waals surface area contributed by atoms with Crippen LogP contribution in [0.5, 0.6) is 17.2 Å². The zero-order valence-electron chi connectivity index (χ0n) is 15.5. The van der Waals surface area contributed by atoms with E-state index in [0.717, 1.165) is 23.3 Å². The Morgan fingerprint density at radius 1 is 1.04 bits per heavy atom. The van der Waals surface area contributed by atoms with Gasteiger partial charge in [-0.1, -0.05) is 18.2 Å². The van der Waals surface area contributed by atoms with Crippen LogP contribution in [0.15, 0.2) is 48.5 Å². The van der Waals surface area contributed by atoms with E-state index in [2.05, 4.69) is 5.32 Å². The van der Waals surface area contributed by atoms with E-state index in [9.17, 15) is 4.79 Å². The van der Waals surface area contributed by atoms with Gasteiger partial charge < -0.3 is 19.5 Å². The van der Waals surface area contributed by atoms with Crippen molar-refractivity contribution in [1.82, 2.24) is 5.32 Å². The van der Waals surface area contributed by atoms with Gasteiger partial charge in [-0.2, -0.15) is 0 Å². The molecule has 0 fully saturated rings. The molecule has 0 unspecified atom stereocenters. The normalized spacial score (nSPS) is 10.6. The molecular formula is C21H25NO4. The molecule has 0 aliphatic heterocycles. The van der Waals surface area contributed by atoms with Crippen LogP contribution in [-0.4, -0.2) is 33.3 Å². The summed E-state index contributed by atoms with van der Waals surface area (Å²) in [6, 6.07) is 13.4. The Kier molecular flexibility index (Phi) is 7.55. The summed E-state index contributed by atoms with van der Waals surface area (Å²) in [5, 5.41) is 2.88. The second-order valence-electron chi connectivity index (χ2n) is 5.57. The molecule has 0 atom stereocenters. The van der Waals surface area contributed by atoms with Crippen LogP contribution in [0.2, 0.25) is 0 Å². The van der Waals surface area contributed by atoms with Crippen molar-refractivity contribution in [3.05, 3.63) is 59.7 Å². The molecule has 5 nitrogen and oxygen atoms in total. The lowest BCUT2D eigenvalue weighted by Crippen LogP contribution is -2.23. The molecule has 2 aromatic rings. The molecular weight excluding hydrogens is 330 g/mol. The predicted molar refractivity (Wildman–Crippen MR) is 103 cm³/mol. The Balaban J connectivity index is 1.84. The number of benzene rings is 2. The second kappa shape index (κ2) is 10.1. The average molecular weight is 355 g/mol. The quantitative estimate of drug-likeness (QED) is 0.700. The molecule has 0 spiro atoms. The lowest BCUT2D eigenvalue weighted by atomic mass is 10.1. The summed E-state index contributed by atoms with van der Waals surface area (Å²) >= 11 is 0. The Hall–Kier alpha value is -2.95. The number of carbonyl (C=O) groups is 1. The maximum atomic E-state index is 12.0. The van der Waals surface area contributed by atoms with Gasteiger partial charge in [0.05, 0.1) is 20.8 Å². The van der Waals surface area contributed by atoms with Crippen LogP contribution >= 0.6 is 0 Å². The van der Waals surface area contributed by atoms with Gasteiger partial charge >= 0.3 is 0 Å². The first-order valence-electron chi connectivity index (χ1n) is 8.56. The SMILES string of the molecule is CCOc1ccc(/C=C/C(=O)NCCc2ccc(OC)cc2)cc1OC. The molecule has 0 saturated heterocycles. The van der Waals surface area contributed by atoms with E-state index in [1.54, 1.807) is 20.3 Å². The monoisotopic (exact) mass is 355 g/mol. The van der Waals surface area contributed by atoms with Crippen molar-refractivity contribution in [2.75, 3.05) is 27.4 Å². The number of ether oxygens (including phenoxy) is 3. The van der Waals surface area contributed by atoms with E-state index >= 15 is 0 Å². The van der Waals surface area contributed by atoms with Gasteiger partial charge in [0.1, 0.15) is 5.75 Å². The van der Waals surface area contributed by atoms with Crippen LogP contribution in [0, 0.1) is 0 Å². The lowest BCUT2D eigenvalue weighted by Gasteiger charge is -2.09. The topological polar surface area (TPSA) is 56.8 Å². The number of amides is 1. The highest BCUT2D eigenvalue weighted by Gasteiger charge is 2.04. The van der Waals surface area contributed by atoms with Crippen LogP contribution in [0.3, 0.4) is 0 Å². The Bertz CT molecular complexity index is 738. The second-order valence-corrected chi connectivity index (χ2v) is 5.57. The van der Waals surface area contributed by atoms with Gasteiger partial charge in [0.2, 0.25) is 5.91 Å². The average Bonchev–Trinajstić information content (AvgIpc) is 2.68. The lowest BCUT2D eigenvalue weighted by molar-refractivity contribution is -0.116. The molecule has 138 valence electrons. The standard InChI is InChI=1S/C21H25NO4/c1-4-26-19-11-7-17(15-20(19)25-3)8-12-21(23)22-14-13-16-5-9-18(24-2)10-6-16/h5-12,15H,4,13-14H2,1-3H3,(H,22,23)/b12-8+. The van der Waals surface area contributed by atoms with Crippen LogP contribution < -0.4 is 19.5 Å². The summed E-state index contributed by atoms with van der Waals surface area (Å²) in [5.41, 5.74) is 2.02. The first-order valence-corrected chi connectivity index (χ1v) is 8.56. The Morgan fingerprint density at radius 2 is 1.81 bits per heavy atom. The Morgan fingerprint density at radius 3 is 2.46 bits per heavy atom. The third kappa shape index (κ3) is 5.84. The van der Waals surface area contributed by atoms with Crippen molar-refractivity contribution >= 4 is 12.0 Å². The molecule has 0 bridgehead atoms. The molecule has 5 heteroatoms. The van der Waals surface area contributed by atoms with E-state index in [-0.39, 0.29) is 5.91 Å². The van der Waals surface area contributed by atoms with Crippen molar-refractivity contribution < 1.29 is 19.0 Å². The molecule has 1 amide bonds. The van der Waals surface area contributed by atoms with Crippen LogP contribution in [-0.2, 0) is 11.2 Å². The zero-order chi connectivity index (χ0) is 18.8. The summed E-state index contributed by atoms with van der Waals surface area (Å²) in [7, 11) is 3.23. The van der Waals surface area contributed by atoms with Gasteiger partial charge in [-0.15, -0.1) is 0 Å². The minimum atomic E-state index is -0.133. The maximum Gasteiger partial charge on any atom is 0.244 e. The van der Waals surface area contributed by atoms with E-state index < -0.39 is 0 Å². The fourth-order valence-electron chi connectivity index (χ4n) is 2.42. The number of nitrogens with one attached hydrogen (secondary N) is 1. The molecule has 0 aliphatic rings. The Labute approximate surface area is 154 Å². The number of rotatable bonds is 9. The molecule has 0 aromatic heterocycles. The van der Waals surface area contributed by atoms with Gasteiger partial charge in [0.15, 0.2) is 11.5 Å². The fraction of sp³-hybridized carbons (Fsp3) is 0.286. The van der Waals surface area contributed by atoms with Crippen molar-refractivity contribution in [2.24, 2.45) is 0 Å². The number of hydrogen-bond donors (Lipinski definition) is 1. The molecule has 0 aliphatic carbocycles. The molecule has 1 N–H and O–H groups in total. The van der Waals surface area contributed by atoms with Gasteiger partial charge in [-0.3, -0.25) is 4.79 Å². The summed E-state index contributed by atoms with van der Waals surface area (Å²) in [6.45, 7) is 3.06. The van der Waals surface area contributed by atoms with Crippen molar-refractivity contribution in [2.45, 2.75) is 13.3 Å². The maximum absolute atomic E-state index is 12.0.